The van der Waals surface area contributed by atoms with Gasteiger partial charge >= 0.3 is 0 Å². The number of hydrogen-bond donors (Lipinski definition) is 0. The van der Waals surface area contributed by atoms with Crippen molar-refractivity contribution in [3.63, 3.8) is 0 Å². The van der Waals surface area contributed by atoms with Gasteiger partial charge in [0.2, 0.25) is 0 Å². The Kier molecular flexibility index (Phi) is 2.95. The first kappa shape index (κ1) is 10.5. The van der Waals surface area contributed by atoms with E-state index in [1.807, 2.05) is 24.3 Å². The van der Waals surface area contributed by atoms with Crippen LogP contribution in [0.4, 0.5) is 5.69 Å². The Balaban J connectivity index is 2.32. The zero-order valence-electron chi connectivity index (χ0n) is 8.44. The minimum atomic E-state index is -0.357. The van der Waals surface area contributed by atoms with E-state index in [1.54, 1.807) is 11.9 Å². The lowest BCUT2D eigenvalue weighted by atomic mass is 10.1. The first-order valence-electron chi connectivity index (χ1n) is 4.83. The van der Waals surface area contributed by atoms with Crippen molar-refractivity contribution >= 4 is 27.5 Å². The van der Waals surface area contributed by atoms with Gasteiger partial charge in [0, 0.05) is 18.8 Å². The van der Waals surface area contributed by atoms with Crippen LogP contribution < -0.4 is 9.64 Å². The fourth-order valence-electron chi connectivity index (χ4n) is 1.65. The third kappa shape index (κ3) is 1.86. The lowest BCUT2D eigenvalue weighted by molar-refractivity contribution is -0.126. The van der Waals surface area contributed by atoms with Crippen molar-refractivity contribution in [2.24, 2.45) is 0 Å². The first-order chi connectivity index (χ1) is 7.24. The fraction of sp³-hybridized carbons (Fsp3) is 0.364. The van der Waals surface area contributed by atoms with Gasteiger partial charge in [-0.3, -0.25) is 4.79 Å². The first-order valence-corrected chi connectivity index (χ1v) is 5.95. The van der Waals surface area contributed by atoms with Crippen LogP contribution in [0.5, 0.6) is 5.75 Å². The Labute approximate surface area is 97.2 Å². The van der Waals surface area contributed by atoms with Crippen LogP contribution in [0.15, 0.2) is 24.3 Å². The molecule has 80 valence electrons. The molecule has 0 aromatic heterocycles. The Morgan fingerprint density at radius 2 is 2.20 bits per heavy atom. The summed E-state index contributed by atoms with van der Waals surface area (Å²) in [6.07, 6.45) is 0.335. The maximum Gasteiger partial charge on any atom is 0.267 e. The smallest absolute Gasteiger partial charge is 0.267 e. The van der Waals surface area contributed by atoms with Crippen LogP contribution in [-0.2, 0) is 4.79 Å². The Hall–Kier alpha value is -1.03. The molecule has 1 atom stereocenters. The molecule has 3 nitrogen and oxygen atoms in total. The van der Waals surface area contributed by atoms with Crippen molar-refractivity contribution in [1.29, 1.82) is 0 Å². The van der Waals surface area contributed by atoms with Crippen molar-refractivity contribution in [3.05, 3.63) is 24.3 Å². The average molecular weight is 270 g/mol. The van der Waals surface area contributed by atoms with Gasteiger partial charge in [-0.15, -0.1) is 0 Å². The van der Waals surface area contributed by atoms with Crippen LogP contribution in [0.2, 0.25) is 0 Å². The van der Waals surface area contributed by atoms with Crippen LogP contribution in [-0.4, -0.2) is 24.4 Å². The van der Waals surface area contributed by atoms with Gasteiger partial charge in [0.1, 0.15) is 5.75 Å². The standard InChI is InChI=1S/C11H12BrNO2/c1-13-8-4-2-3-5-9(8)15-10(6-7-12)11(13)14/h2-5,10H,6-7H2,1H3. The lowest BCUT2D eigenvalue weighted by Crippen LogP contribution is -2.43. The summed E-state index contributed by atoms with van der Waals surface area (Å²) in [5.41, 5.74) is 0.841. The lowest BCUT2D eigenvalue weighted by Gasteiger charge is -2.31. The summed E-state index contributed by atoms with van der Waals surface area (Å²) >= 11 is 3.32. The molecule has 0 aliphatic carbocycles. The zero-order valence-corrected chi connectivity index (χ0v) is 10.0. The Morgan fingerprint density at radius 3 is 2.93 bits per heavy atom. The Morgan fingerprint density at radius 1 is 1.47 bits per heavy atom. The van der Waals surface area contributed by atoms with E-state index in [0.717, 1.165) is 16.8 Å². The molecule has 0 spiro atoms. The number of para-hydroxylation sites is 2. The largest absolute Gasteiger partial charge is 0.478 e. The molecular weight excluding hydrogens is 258 g/mol. The maximum atomic E-state index is 11.9. The fourth-order valence-corrected chi connectivity index (χ4v) is 2.07. The number of anilines is 1. The van der Waals surface area contributed by atoms with Crippen LogP contribution in [0.1, 0.15) is 6.42 Å². The van der Waals surface area contributed by atoms with E-state index >= 15 is 0 Å². The molecule has 0 N–H and O–H groups in total. The van der Waals surface area contributed by atoms with Crippen LogP contribution >= 0.6 is 15.9 Å². The highest BCUT2D eigenvalue weighted by atomic mass is 79.9. The number of benzene rings is 1. The molecule has 4 heteroatoms. The molecule has 0 radical (unpaired) electrons. The molecule has 1 unspecified atom stereocenters. The molecule has 0 fully saturated rings. The van der Waals surface area contributed by atoms with Gasteiger partial charge < -0.3 is 9.64 Å². The number of nitrogens with zero attached hydrogens (tertiary/aromatic N) is 1. The van der Waals surface area contributed by atoms with E-state index in [4.69, 9.17) is 4.74 Å². The number of carbonyl (C=O) groups excluding carboxylic acids is 1. The van der Waals surface area contributed by atoms with Crippen molar-refractivity contribution in [3.8, 4) is 5.75 Å². The summed E-state index contributed by atoms with van der Waals surface area (Å²) in [5.74, 6) is 0.804. The average Bonchev–Trinajstić information content (AvgIpc) is 2.26. The molecule has 1 aromatic carbocycles. The third-order valence-electron chi connectivity index (χ3n) is 2.47. The number of ether oxygens (including phenoxy) is 1. The summed E-state index contributed by atoms with van der Waals surface area (Å²) in [7, 11) is 1.78. The summed E-state index contributed by atoms with van der Waals surface area (Å²) in [6.45, 7) is 0. The van der Waals surface area contributed by atoms with Crippen LogP contribution in [0.3, 0.4) is 0 Å². The number of alkyl halides is 1. The van der Waals surface area contributed by atoms with Gasteiger partial charge in [0.05, 0.1) is 5.69 Å². The molecule has 1 aromatic rings. The second-order valence-electron chi connectivity index (χ2n) is 3.45. The summed E-state index contributed by atoms with van der Waals surface area (Å²) in [4.78, 5) is 13.5. The van der Waals surface area contributed by atoms with Gasteiger partial charge in [-0.25, -0.2) is 0 Å². The van der Waals surface area contributed by atoms with Gasteiger partial charge in [-0.2, -0.15) is 0 Å². The molecular formula is C11H12BrNO2. The van der Waals surface area contributed by atoms with Gasteiger partial charge in [-0.05, 0) is 12.1 Å². The van der Waals surface area contributed by atoms with E-state index < -0.39 is 0 Å². The summed E-state index contributed by atoms with van der Waals surface area (Å²) < 4.78 is 5.63. The quantitative estimate of drug-likeness (QED) is 0.771. The predicted octanol–water partition coefficient (Wildman–Crippen LogP) is 2.20. The minimum absolute atomic E-state index is 0.0214. The van der Waals surface area contributed by atoms with Gasteiger partial charge in [0.25, 0.3) is 5.91 Å². The van der Waals surface area contributed by atoms with E-state index in [2.05, 4.69) is 15.9 Å². The van der Waals surface area contributed by atoms with Crippen LogP contribution in [0.25, 0.3) is 0 Å². The number of amides is 1. The highest BCUT2D eigenvalue weighted by Gasteiger charge is 2.31. The van der Waals surface area contributed by atoms with E-state index in [1.165, 1.54) is 0 Å². The van der Waals surface area contributed by atoms with Crippen molar-refractivity contribution in [1.82, 2.24) is 0 Å². The van der Waals surface area contributed by atoms with Gasteiger partial charge in [0.15, 0.2) is 6.10 Å². The molecule has 2 rings (SSSR count). The molecule has 1 amide bonds. The van der Waals surface area contributed by atoms with E-state index in [0.29, 0.717) is 6.42 Å². The molecule has 1 heterocycles. The minimum Gasteiger partial charge on any atom is -0.478 e. The summed E-state index contributed by atoms with van der Waals surface area (Å²) in [6, 6.07) is 7.58. The SMILES string of the molecule is CN1C(=O)C(CCBr)Oc2ccccc21. The van der Waals surface area contributed by atoms with Crippen molar-refractivity contribution < 1.29 is 9.53 Å². The third-order valence-corrected chi connectivity index (χ3v) is 2.93. The van der Waals surface area contributed by atoms with Crippen molar-refractivity contribution in [2.45, 2.75) is 12.5 Å². The van der Waals surface area contributed by atoms with E-state index in [9.17, 15) is 4.79 Å². The molecule has 0 saturated carbocycles. The van der Waals surface area contributed by atoms with Gasteiger partial charge in [-0.1, -0.05) is 28.1 Å². The molecule has 1 aliphatic heterocycles. The molecule has 0 bridgehead atoms. The number of halogens is 1. The van der Waals surface area contributed by atoms with E-state index in [-0.39, 0.29) is 12.0 Å². The number of hydrogen-bond acceptors (Lipinski definition) is 2. The normalized spacial score (nSPS) is 19.7. The molecule has 15 heavy (non-hydrogen) atoms. The number of rotatable bonds is 2. The van der Waals surface area contributed by atoms with Crippen LogP contribution in [0, 0.1) is 0 Å². The second kappa shape index (κ2) is 4.23. The topological polar surface area (TPSA) is 29.5 Å². The highest BCUT2D eigenvalue weighted by molar-refractivity contribution is 9.09. The number of likely N-dealkylation sites (N-methyl/N-ethyl adjacent to an activating group) is 1. The predicted molar refractivity (Wildman–Crippen MR) is 62.7 cm³/mol. The number of carbonyl (C=O) groups is 1. The molecule has 1 aliphatic rings. The van der Waals surface area contributed by atoms with Crippen molar-refractivity contribution in [2.75, 3.05) is 17.3 Å². The highest BCUT2D eigenvalue weighted by Crippen LogP contribution is 2.33. The maximum absolute atomic E-state index is 11.9. The second-order valence-corrected chi connectivity index (χ2v) is 4.24. The molecule has 0 saturated heterocycles. The number of fused-ring (bicyclic) bond motifs is 1. The zero-order chi connectivity index (χ0) is 10.8. The Bertz CT molecular complexity index is 381. The summed E-state index contributed by atoms with van der Waals surface area (Å²) in [5, 5.41) is 0.763. The monoisotopic (exact) mass is 269 g/mol.